The Morgan fingerprint density at radius 1 is 0.636 bits per heavy atom. The van der Waals surface area contributed by atoms with E-state index in [0.717, 1.165) is 30.1 Å². The van der Waals surface area contributed by atoms with Crippen LogP contribution < -0.4 is 0 Å². The van der Waals surface area contributed by atoms with E-state index in [1.165, 1.54) is 57.8 Å². The topological polar surface area (TPSA) is 29.5 Å². The molecule has 5 fully saturated rings. The van der Waals surface area contributed by atoms with E-state index < -0.39 is 5.60 Å². The van der Waals surface area contributed by atoms with Gasteiger partial charge in [-0.1, -0.05) is 48.5 Å². The van der Waals surface area contributed by atoms with Crippen molar-refractivity contribution in [3.05, 3.63) is 0 Å². The lowest BCUT2D eigenvalue weighted by molar-refractivity contribution is -0.288. The van der Waals surface area contributed by atoms with Gasteiger partial charge in [0, 0.05) is 12.5 Å². The highest BCUT2D eigenvalue weighted by atomic mass is 16.5. The molecule has 0 radical (unpaired) electrons. The standard InChI is InChI=1S/C31H54O2/c1-20(2)21-10-11-22-26(21,3)16-18-29(6)24-14-15-30(7)23(12-13-25(32)31(30,8)33-9)27(24,4)17-19-28(22,29)5/h20-25,32H,10-19H2,1-9H3/t21-,22+,23+,24+,25-,26-,27+,28+,29-,30+,31-/m1/s1. The Balaban J connectivity index is 1.53. The number of aliphatic hydroxyl groups is 1. The van der Waals surface area contributed by atoms with E-state index >= 15 is 0 Å². The Morgan fingerprint density at radius 2 is 1.15 bits per heavy atom. The fourth-order valence-corrected chi connectivity index (χ4v) is 12.4. The molecule has 5 saturated carbocycles. The first-order valence-corrected chi connectivity index (χ1v) is 14.5. The molecule has 2 nitrogen and oxygen atoms in total. The van der Waals surface area contributed by atoms with Crippen LogP contribution in [0.3, 0.4) is 0 Å². The highest BCUT2D eigenvalue weighted by Crippen LogP contribution is 2.79. The van der Waals surface area contributed by atoms with Gasteiger partial charge in [0.2, 0.25) is 0 Å². The minimum Gasteiger partial charge on any atom is -0.390 e. The summed E-state index contributed by atoms with van der Waals surface area (Å²) in [5.41, 5.74) is 1.46. The second kappa shape index (κ2) is 7.24. The number of aliphatic hydroxyl groups excluding tert-OH is 1. The maximum absolute atomic E-state index is 11.1. The molecule has 5 aliphatic carbocycles. The summed E-state index contributed by atoms with van der Waals surface area (Å²) >= 11 is 0. The van der Waals surface area contributed by atoms with E-state index in [4.69, 9.17) is 4.74 Å². The molecule has 2 heteroatoms. The SMILES string of the molecule is CO[C@]1(C)[C@H](O)CC[C@H]2[C@]3(C)CC[C@@]4(C)[C@H]5CC[C@H](C(C)C)[C@@]5(C)CC[C@]4(C)[C@H]3CC[C@@]21C. The highest BCUT2D eigenvalue weighted by molar-refractivity contribution is 5.22. The van der Waals surface area contributed by atoms with Crippen LogP contribution >= 0.6 is 0 Å². The minimum absolute atomic E-state index is 0.0635. The summed E-state index contributed by atoms with van der Waals surface area (Å²) in [6, 6.07) is 0. The number of hydrogen-bond acceptors (Lipinski definition) is 2. The first kappa shape index (κ1) is 24.6. The molecule has 0 spiro atoms. The molecule has 190 valence electrons. The molecule has 5 aliphatic rings. The normalized spacial score (nSPS) is 60.6. The van der Waals surface area contributed by atoms with Crippen LogP contribution in [0.5, 0.6) is 0 Å². The number of hydrogen-bond donors (Lipinski definition) is 1. The fourth-order valence-electron chi connectivity index (χ4n) is 12.4. The van der Waals surface area contributed by atoms with Crippen molar-refractivity contribution in [2.45, 2.75) is 131 Å². The lowest BCUT2D eigenvalue weighted by Gasteiger charge is -2.74. The van der Waals surface area contributed by atoms with Gasteiger partial charge in [0.1, 0.15) is 0 Å². The molecule has 0 heterocycles. The lowest BCUT2D eigenvalue weighted by Crippen LogP contribution is -2.70. The van der Waals surface area contributed by atoms with E-state index in [9.17, 15) is 5.11 Å². The molecular weight excluding hydrogens is 404 g/mol. The van der Waals surface area contributed by atoms with Crippen LogP contribution in [-0.2, 0) is 4.74 Å². The number of ether oxygens (including phenoxy) is 1. The molecule has 0 aromatic rings. The van der Waals surface area contributed by atoms with Gasteiger partial charge in [-0.15, -0.1) is 0 Å². The molecule has 11 atom stereocenters. The summed E-state index contributed by atoms with van der Waals surface area (Å²) in [5.74, 6) is 4.08. The largest absolute Gasteiger partial charge is 0.390 e. The van der Waals surface area contributed by atoms with E-state index in [1.54, 1.807) is 0 Å². The van der Waals surface area contributed by atoms with Crippen molar-refractivity contribution in [2.75, 3.05) is 7.11 Å². The molecule has 0 amide bonds. The maximum Gasteiger partial charge on any atom is 0.0964 e. The molecule has 33 heavy (non-hydrogen) atoms. The zero-order valence-electron chi connectivity index (χ0n) is 23.4. The van der Waals surface area contributed by atoms with Crippen molar-refractivity contribution in [3.8, 4) is 0 Å². The molecular formula is C31H54O2. The average molecular weight is 459 g/mol. The molecule has 0 saturated heterocycles. The second-order valence-electron chi connectivity index (χ2n) is 15.3. The molecule has 5 rings (SSSR count). The fraction of sp³-hybridized carbons (Fsp3) is 1.00. The number of fused-ring (bicyclic) bond motifs is 7. The van der Waals surface area contributed by atoms with Crippen LogP contribution in [0.15, 0.2) is 0 Å². The van der Waals surface area contributed by atoms with Gasteiger partial charge in [0.05, 0.1) is 11.7 Å². The van der Waals surface area contributed by atoms with Gasteiger partial charge in [-0.2, -0.15) is 0 Å². The van der Waals surface area contributed by atoms with Crippen molar-refractivity contribution in [2.24, 2.45) is 56.7 Å². The Kier molecular flexibility index (Phi) is 5.40. The van der Waals surface area contributed by atoms with Crippen LogP contribution in [0.2, 0.25) is 0 Å². The Morgan fingerprint density at radius 3 is 1.73 bits per heavy atom. The zero-order chi connectivity index (χ0) is 24.2. The molecule has 0 unspecified atom stereocenters. The van der Waals surface area contributed by atoms with Gasteiger partial charge < -0.3 is 9.84 Å². The predicted octanol–water partition coefficient (Wildman–Crippen LogP) is 7.87. The van der Waals surface area contributed by atoms with Gasteiger partial charge in [-0.25, -0.2) is 0 Å². The smallest absolute Gasteiger partial charge is 0.0964 e. The minimum atomic E-state index is -0.424. The highest BCUT2D eigenvalue weighted by Gasteiger charge is 2.73. The quantitative estimate of drug-likeness (QED) is 0.456. The maximum atomic E-state index is 11.1. The van der Waals surface area contributed by atoms with Crippen molar-refractivity contribution in [1.29, 1.82) is 0 Å². The third kappa shape index (κ3) is 2.70. The van der Waals surface area contributed by atoms with Crippen molar-refractivity contribution < 1.29 is 9.84 Å². The van der Waals surface area contributed by atoms with Crippen LogP contribution in [0, 0.1) is 56.7 Å². The Bertz CT molecular complexity index is 792. The van der Waals surface area contributed by atoms with Crippen molar-refractivity contribution >= 4 is 0 Å². The lowest BCUT2D eigenvalue weighted by atomic mass is 9.31. The van der Waals surface area contributed by atoms with E-state index in [1.807, 2.05) is 7.11 Å². The summed E-state index contributed by atoms with van der Waals surface area (Å²) in [6.45, 7) is 20.5. The van der Waals surface area contributed by atoms with Crippen LogP contribution in [-0.4, -0.2) is 23.9 Å². The predicted molar refractivity (Wildman–Crippen MR) is 137 cm³/mol. The first-order valence-electron chi connectivity index (χ1n) is 14.5. The second-order valence-corrected chi connectivity index (χ2v) is 15.3. The Hall–Kier alpha value is -0.0800. The zero-order valence-corrected chi connectivity index (χ0v) is 23.4. The van der Waals surface area contributed by atoms with Gasteiger partial charge in [-0.05, 0) is 122 Å². The summed E-state index contributed by atoms with van der Waals surface area (Å²) in [5, 5.41) is 11.1. The molecule has 0 bridgehead atoms. The molecule has 0 aromatic heterocycles. The van der Waals surface area contributed by atoms with E-state index in [0.29, 0.717) is 27.6 Å². The van der Waals surface area contributed by atoms with E-state index in [2.05, 4.69) is 55.4 Å². The first-order chi connectivity index (χ1) is 15.2. The Labute approximate surface area is 205 Å². The van der Waals surface area contributed by atoms with Crippen LogP contribution in [0.4, 0.5) is 0 Å². The van der Waals surface area contributed by atoms with Gasteiger partial charge in [-0.3, -0.25) is 0 Å². The van der Waals surface area contributed by atoms with Crippen molar-refractivity contribution in [3.63, 3.8) is 0 Å². The van der Waals surface area contributed by atoms with Gasteiger partial charge >= 0.3 is 0 Å². The number of methoxy groups -OCH3 is 1. The number of rotatable bonds is 2. The molecule has 0 aromatic carbocycles. The third-order valence-electron chi connectivity index (χ3n) is 14.7. The van der Waals surface area contributed by atoms with Gasteiger partial charge in [0.15, 0.2) is 0 Å². The molecule has 0 aliphatic heterocycles. The summed E-state index contributed by atoms with van der Waals surface area (Å²) in [7, 11) is 1.84. The van der Waals surface area contributed by atoms with E-state index in [-0.39, 0.29) is 11.5 Å². The summed E-state index contributed by atoms with van der Waals surface area (Å²) < 4.78 is 6.19. The van der Waals surface area contributed by atoms with Crippen molar-refractivity contribution in [1.82, 2.24) is 0 Å². The average Bonchev–Trinajstić information content (AvgIpc) is 3.11. The summed E-state index contributed by atoms with van der Waals surface area (Å²) in [6.07, 6.45) is 12.8. The third-order valence-corrected chi connectivity index (χ3v) is 14.7. The van der Waals surface area contributed by atoms with Crippen LogP contribution in [0.25, 0.3) is 0 Å². The van der Waals surface area contributed by atoms with Crippen LogP contribution in [0.1, 0.15) is 120 Å². The monoisotopic (exact) mass is 458 g/mol. The summed E-state index contributed by atoms with van der Waals surface area (Å²) in [4.78, 5) is 0. The van der Waals surface area contributed by atoms with Gasteiger partial charge in [0.25, 0.3) is 0 Å². The molecule has 1 N–H and O–H groups in total.